The number of anilines is 1. The van der Waals surface area contributed by atoms with E-state index in [4.69, 9.17) is 14.2 Å². The van der Waals surface area contributed by atoms with Crippen LogP contribution in [0.2, 0.25) is 0 Å². The van der Waals surface area contributed by atoms with Crippen LogP contribution in [0.5, 0.6) is 17.2 Å². The van der Waals surface area contributed by atoms with Crippen molar-refractivity contribution in [1.82, 2.24) is 0 Å². The van der Waals surface area contributed by atoms with Crippen molar-refractivity contribution in [2.75, 3.05) is 26.1 Å². The van der Waals surface area contributed by atoms with Crippen LogP contribution in [-0.4, -0.2) is 31.8 Å². The molecule has 6 nitrogen and oxygen atoms in total. The summed E-state index contributed by atoms with van der Waals surface area (Å²) in [5.74, 6) is 1.72. The number of nitrogens with one attached hydrogen (secondary N) is 1. The van der Waals surface area contributed by atoms with Crippen molar-refractivity contribution in [1.29, 1.82) is 0 Å². The SMILES string of the molecule is C.COc1ccc(CC(C)(C)CC[C@H](O)c2cc(OC)cc3c2OCC(=O)N3)cc1. The molecule has 2 aromatic carbocycles. The van der Waals surface area contributed by atoms with Crippen molar-refractivity contribution in [2.45, 2.75) is 46.6 Å². The largest absolute Gasteiger partial charge is 0.497 e. The summed E-state index contributed by atoms with van der Waals surface area (Å²) >= 11 is 0. The average Bonchev–Trinajstić information content (AvgIpc) is 2.71. The molecule has 2 aromatic rings. The van der Waals surface area contributed by atoms with Crippen LogP contribution in [0.25, 0.3) is 0 Å². The third kappa shape index (κ3) is 5.66. The Morgan fingerprint density at radius 2 is 1.80 bits per heavy atom. The number of fused-ring (bicyclic) bond motifs is 1. The fraction of sp³-hybridized carbons (Fsp3) is 0.458. The number of methoxy groups -OCH3 is 2. The Bertz CT molecular complexity index is 861. The Kier molecular flexibility index (Phi) is 7.73. The molecule has 0 spiro atoms. The Hall–Kier alpha value is -2.73. The maximum absolute atomic E-state index is 11.6. The molecule has 0 radical (unpaired) electrons. The summed E-state index contributed by atoms with van der Waals surface area (Å²) in [5.41, 5.74) is 2.41. The number of aliphatic hydroxyl groups excluding tert-OH is 1. The van der Waals surface area contributed by atoms with Gasteiger partial charge in [-0.3, -0.25) is 4.79 Å². The van der Waals surface area contributed by atoms with Crippen molar-refractivity contribution in [3.05, 3.63) is 47.5 Å². The lowest BCUT2D eigenvalue weighted by Gasteiger charge is -2.28. The van der Waals surface area contributed by atoms with E-state index in [2.05, 4.69) is 31.3 Å². The molecule has 3 rings (SSSR count). The van der Waals surface area contributed by atoms with E-state index >= 15 is 0 Å². The van der Waals surface area contributed by atoms with E-state index < -0.39 is 6.10 Å². The highest BCUT2D eigenvalue weighted by Gasteiger charge is 2.26. The van der Waals surface area contributed by atoms with E-state index in [0.29, 0.717) is 29.2 Å². The first-order valence-electron chi connectivity index (χ1n) is 9.77. The fourth-order valence-electron chi connectivity index (χ4n) is 3.63. The molecule has 30 heavy (non-hydrogen) atoms. The van der Waals surface area contributed by atoms with Crippen LogP contribution in [-0.2, 0) is 11.2 Å². The minimum absolute atomic E-state index is 0. The van der Waals surface area contributed by atoms with Gasteiger partial charge in [-0.15, -0.1) is 0 Å². The second-order valence-corrected chi connectivity index (χ2v) is 8.17. The molecule has 0 bridgehead atoms. The Morgan fingerprint density at radius 3 is 2.43 bits per heavy atom. The lowest BCUT2D eigenvalue weighted by Crippen LogP contribution is -2.26. The summed E-state index contributed by atoms with van der Waals surface area (Å²) in [6.07, 6.45) is 1.56. The van der Waals surface area contributed by atoms with Crippen molar-refractivity contribution >= 4 is 11.6 Å². The van der Waals surface area contributed by atoms with Crippen LogP contribution in [0.1, 0.15) is 51.3 Å². The maximum Gasteiger partial charge on any atom is 0.262 e. The fourth-order valence-corrected chi connectivity index (χ4v) is 3.63. The Morgan fingerprint density at radius 1 is 1.13 bits per heavy atom. The van der Waals surface area contributed by atoms with Crippen molar-refractivity contribution in [3.8, 4) is 17.2 Å². The Balaban J connectivity index is 0.00000320. The van der Waals surface area contributed by atoms with Gasteiger partial charge < -0.3 is 24.6 Å². The standard InChI is InChI=1S/C23H29NO5.CH4/c1-23(2,13-15-5-7-16(27-3)8-6-15)10-9-20(25)18-11-17(28-4)12-19-22(18)29-14-21(26)24-19;/h5-8,11-12,20,25H,9-10,13-14H2,1-4H3,(H,24,26);1H4/t20-;/m0./s1. The predicted molar refractivity (Wildman–Crippen MR) is 119 cm³/mol. The van der Waals surface area contributed by atoms with Gasteiger partial charge in [-0.05, 0) is 48.4 Å². The van der Waals surface area contributed by atoms with Gasteiger partial charge in [0.2, 0.25) is 0 Å². The number of amides is 1. The van der Waals surface area contributed by atoms with Crippen LogP contribution < -0.4 is 19.5 Å². The second kappa shape index (κ2) is 9.85. The minimum Gasteiger partial charge on any atom is -0.497 e. The van der Waals surface area contributed by atoms with Gasteiger partial charge >= 0.3 is 0 Å². The third-order valence-corrected chi connectivity index (χ3v) is 5.24. The monoisotopic (exact) mass is 415 g/mol. The van der Waals surface area contributed by atoms with Gasteiger partial charge in [-0.25, -0.2) is 0 Å². The van der Waals surface area contributed by atoms with Gasteiger partial charge in [0.25, 0.3) is 5.91 Å². The van der Waals surface area contributed by atoms with E-state index in [1.165, 1.54) is 5.56 Å². The number of ether oxygens (including phenoxy) is 3. The number of hydrogen-bond acceptors (Lipinski definition) is 5. The number of rotatable bonds is 8. The van der Waals surface area contributed by atoms with Crippen molar-refractivity contribution < 1.29 is 24.1 Å². The normalized spacial score (nSPS) is 14.0. The molecular formula is C24H33NO5. The molecule has 1 aliphatic rings. The van der Waals surface area contributed by atoms with E-state index in [0.717, 1.165) is 18.6 Å². The molecule has 0 fully saturated rings. The molecule has 0 unspecified atom stereocenters. The van der Waals surface area contributed by atoms with Gasteiger partial charge in [-0.2, -0.15) is 0 Å². The number of aliphatic hydroxyl groups is 1. The van der Waals surface area contributed by atoms with Crippen LogP contribution in [0.4, 0.5) is 5.69 Å². The van der Waals surface area contributed by atoms with Crippen molar-refractivity contribution in [2.24, 2.45) is 5.41 Å². The molecule has 1 heterocycles. The molecule has 0 saturated carbocycles. The molecule has 1 atom stereocenters. The van der Waals surface area contributed by atoms with E-state index in [-0.39, 0.29) is 25.4 Å². The summed E-state index contributed by atoms with van der Waals surface area (Å²) in [6.45, 7) is 4.34. The third-order valence-electron chi connectivity index (χ3n) is 5.24. The Labute approximate surface area is 179 Å². The topological polar surface area (TPSA) is 77.0 Å². The molecule has 1 aliphatic heterocycles. The summed E-state index contributed by atoms with van der Waals surface area (Å²) in [7, 11) is 3.22. The zero-order valence-electron chi connectivity index (χ0n) is 17.5. The highest BCUT2D eigenvalue weighted by atomic mass is 16.5. The minimum atomic E-state index is -0.719. The zero-order valence-corrected chi connectivity index (χ0v) is 17.5. The van der Waals surface area contributed by atoms with Gasteiger partial charge in [0.1, 0.15) is 17.2 Å². The maximum atomic E-state index is 11.6. The summed E-state index contributed by atoms with van der Waals surface area (Å²) in [5, 5.41) is 13.7. The van der Waals surface area contributed by atoms with E-state index in [9.17, 15) is 9.90 Å². The van der Waals surface area contributed by atoms with Crippen LogP contribution in [0.15, 0.2) is 36.4 Å². The summed E-state index contributed by atoms with van der Waals surface area (Å²) in [6, 6.07) is 11.6. The lowest BCUT2D eigenvalue weighted by molar-refractivity contribution is -0.118. The first-order valence-corrected chi connectivity index (χ1v) is 9.77. The van der Waals surface area contributed by atoms with Gasteiger partial charge in [-0.1, -0.05) is 33.4 Å². The number of hydrogen-bond donors (Lipinski definition) is 2. The van der Waals surface area contributed by atoms with Crippen LogP contribution in [0, 0.1) is 5.41 Å². The van der Waals surface area contributed by atoms with Gasteiger partial charge in [0.15, 0.2) is 6.61 Å². The smallest absolute Gasteiger partial charge is 0.262 e. The first kappa shape index (κ1) is 23.5. The van der Waals surface area contributed by atoms with Crippen LogP contribution >= 0.6 is 0 Å². The molecule has 1 amide bonds. The number of carbonyl (C=O) groups excluding carboxylic acids is 1. The second-order valence-electron chi connectivity index (χ2n) is 8.17. The molecule has 6 heteroatoms. The number of carbonyl (C=O) groups is 1. The lowest BCUT2D eigenvalue weighted by atomic mass is 9.80. The molecule has 164 valence electrons. The van der Waals surface area contributed by atoms with Crippen molar-refractivity contribution in [3.63, 3.8) is 0 Å². The van der Waals surface area contributed by atoms with E-state index in [1.807, 2.05) is 12.1 Å². The molecule has 2 N–H and O–H groups in total. The van der Waals surface area contributed by atoms with E-state index in [1.54, 1.807) is 26.4 Å². The predicted octanol–water partition coefficient (Wildman–Crippen LogP) is 4.75. The highest BCUT2D eigenvalue weighted by Crippen LogP contribution is 2.41. The number of benzene rings is 2. The average molecular weight is 416 g/mol. The highest BCUT2D eigenvalue weighted by molar-refractivity contribution is 5.96. The zero-order chi connectivity index (χ0) is 21.0. The van der Waals surface area contributed by atoms with Gasteiger partial charge in [0, 0.05) is 11.6 Å². The molecule has 0 aromatic heterocycles. The summed E-state index contributed by atoms with van der Waals surface area (Å²) < 4.78 is 16.1. The summed E-state index contributed by atoms with van der Waals surface area (Å²) in [4.78, 5) is 11.6. The molecular weight excluding hydrogens is 382 g/mol. The van der Waals surface area contributed by atoms with Crippen LogP contribution in [0.3, 0.4) is 0 Å². The first-order chi connectivity index (χ1) is 13.8. The van der Waals surface area contributed by atoms with Gasteiger partial charge in [0.05, 0.1) is 26.0 Å². The molecule has 0 saturated heterocycles. The quantitative estimate of drug-likeness (QED) is 0.650. The molecule has 0 aliphatic carbocycles.